The highest BCUT2D eigenvalue weighted by atomic mass is 32.1. The van der Waals surface area contributed by atoms with Crippen LogP contribution in [0.1, 0.15) is 33.6 Å². The van der Waals surface area contributed by atoms with Crippen molar-refractivity contribution in [3.8, 4) is 0 Å². The number of hydrogen-bond acceptors (Lipinski definition) is 4. The van der Waals surface area contributed by atoms with Crippen molar-refractivity contribution in [2.75, 3.05) is 13.1 Å². The van der Waals surface area contributed by atoms with Crippen molar-refractivity contribution in [1.29, 1.82) is 0 Å². The van der Waals surface area contributed by atoms with Gasteiger partial charge in [-0.05, 0) is 33.6 Å². The monoisotopic (exact) mass is 275 g/mol. The van der Waals surface area contributed by atoms with E-state index in [1.165, 1.54) is 0 Å². The number of hydrogen-bond donors (Lipinski definition) is 3. The third kappa shape index (κ3) is 5.03. The lowest BCUT2D eigenvalue weighted by Gasteiger charge is -2.33. The largest absolute Gasteiger partial charge is 0.444 e. The van der Waals surface area contributed by atoms with Gasteiger partial charge in [0.2, 0.25) is 0 Å². The minimum absolute atomic E-state index is 0.0795. The number of amides is 3. The molecule has 2 N–H and O–H groups in total. The topological polar surface area (TPSA) is 70.7 Å². The van der Waals surface area contributed by atoms with Gasteiger partial charge in [0.25, 0.3) is 0 Å². The van der Waals surface area contributed by atoms with Crippen LogP contribution in [0, 0.1) is 0 Å². The molecule has 0 aromatic heterocycles. The van der Waals surface area contributed by atoms with Crippen LogP contribution < -0.4 is 10.0 Å². The molecule has 0 aliphatic carbocycles. The van der Waals surface area contributed by atoms with Crippen molar-refractivity contribution < 1.29 is 14.3 Å². The Hall–Kier alpha value is -1.11. The lowest BCUT2D eigenvalue weighted by atomic mass is 10.1. The number of piperidine rings is 1. The summed E-state index contributed by atoms with van der Waals surface area (Å²) in [7, 11) is 0. The van der Waals surface area contributed by atoms with E-state index in [0.717, 1.165) is 12.8 Å². The summed E-state index contributed by atoms with van der Waals surface area (Å²) in [5, 5.41) is 2.77. The van der Waals surface area contributed by atoms with E-state index in [-0.39, 0.29) is 18.2 Å². The zero-order chi connectivity index (χ0) is 13.8. The Balaban J connectivity index is 2.35. The van der Waals surface area contributed by atoms with Gasteiger partial charge >= 0.3 is 12.1 Å². The molecule has 1 rings (SSSR count). The molecule has 1 saturated heterocycles. The summed E-state index contributed by atoms with van der Waals surface area (Å²) in [5.41, 5.74) is -0.474. The van der Waals surface area contributed by atoms with E-state index >= 15 is 0 Å². The number of nitrogens with one attached hydrogen (secondary N) is 2. The maximum atomic E-state index is 11.8. The standard InChI is InChI=1S/C11H21N3O3S/c1-11(2,3)17-10(16)14-6-4-8(5-7-14)12-9(15)13-18/h8,18H,4-7H2,1-3H3,(H2,12,13,15). The number of rotatable bonds is 1. The Kier molecular flexibility index (Phi) is 5.13. The molecule has 0 aromatic carbocycles. The highest BCUT2D eigenvalue weighted by Gasteiger charge is 2.27. The van der Waals surface area contributed by atoms with Crippen molar-refractivity contribution in [1.82, 2.24) is 14.9 Å². The average molecular weight is 275 g/mol. The third-order valence-corrected chi connectivity index (χ3v) is 2.79. The fraction of sp³-hybridized carbons (Fsp3) is 0.818. The van der Waals surface area contributed by atoms with Crippen LogP contribution in [-0.4, -0.2) is 41.8 Å². The van der Waals surface area contributed by atoms with E-state index in [4.69, 9.17) is 4.74 Å². The molecule has 0 bridgehead atoms. The van der Waals surface area contributed by atoms with E-state index in [0.29, 0.717) is 13.1 Å². The molecule has 1 heterocycles. The highest BCUT2D eigenvalue weighted by molar-refractivity contribution is 7.78. The van der Waals surface area contributed by atoms with Gasteiger partial charge in [0.15, 0.2) is 0 Å². The second kappa shape index (κ2) is 6.17. The van der Waals surface area contributed by atoms with Crippen LogP contribution in [0.25, 0.3) is 0 Å². The molecular formula is C11H21N3O3S. The number of carbonyl (C=O) groups excluding carboxylic acids is 2. The molecule has 0 spiro atoms. The van der Waals surface area contributed by atoms with E-state index in [1.54, 1.807) is 4.90 Å². The fourth-order valence-corrected chi connectivity index (χ4v) is 1.82. The average Bonchev–Trinajstić information content (AvgIpc) is 2.27. The molecular weight excluding hydrogens is 254 g/mol. The summed E-state index contributed by atoms with van der Waals surface area (Å²) in [6.07, 6.45) is 1.15. The summed E-state index contributed by atoms with van der Waals surface area (Å²) >= 11 is 3.67. The molecule has 18 heavy (non-hydrogen) atoms. The van der Waals surface area contributed by atoms with Crippen LogP contribution in [0.4, 0.5) is 9.59 Å². The molecule has 0 atom stereocenters. The van der Waals surface area contributed by atoms with Gasteiger partial charge < -0.3 is 15.0 Å². The molecule has 0 unspecified atom stereocenters. The van der Waals surface area contributed by atoms with Gasteiger partial charge in [-0.3, -0.25) is 4.72 Å². The van der Waals surface area contributed by atoms with Crippen LogP contribution in [-0.2, 0) is 4.74 Å². The lowest BCUT2D eigenvalue weighted by molar-refractivity contribution is 0.0201. The van der Waals surface area contributed by atoms with Gasteiger partial charge in [0.05, 0.1) is 0 Å². The van der Waals surface area contributed by atoms with Crippen molar-refractivity contribution in [2.45, 2.75) is 45.3 Å². The summed E-state index contributed by atoms with van der Waals surface area (Å²) in [5.74, 6) is 0. The molecule has 0 radical (unpaired) electrons. The maximum absolute atomic E-state index is 11.8. The first kappa shape index (κ1) is 14.9. The molecule has 104 valence electrons. The second-order valence-corrected chi connectivity index (χ2v) is 5.55. The summed E-state index contributed by atoms with van der Waals surface area (Å²) in [4.78, 5) is 24.5. The van der Waals surface area contributed by atoms with Crippen LogP contribution in [0.3, 0.4) is 0 Å². The zero-order valence-electron chi connectivity index (χ0n) is 11.0. The minimum atomic E-state index is -0.474. The Morgan fingerprint density at radius 2 is 1.83 bits per heavy atom. The summed E-state index contributed by atoms with van der Waals surface area (Å²) < 4.78 is 7.51. The van der Waals surface area contributed by atoms with Gasteiger partial charge in [-0.25, -0.2) is 9.59 Å². The first-order valence-electron chi connectivity index (χ1n) is 6.00. The molecule has 0 saturated carbocycles. The second-order valence-electron chi connectivity index (χ2n) is 5.33. The smallest absolute Gasteiger partial charge is 0.410 e. The Bertz CT molecular complexity index is 309. The molecule has 1 fully saturated rings. The van der Waals surface area contributed by atoms with Crippen LogP contribution in [0.5, 0.6) is 0 Å². The quantitative estimate of drug-likeness (QED) is 0.636. The minimum Gasteiger partial charge on any atom is -0.444 e. The van der Waals surface area contributed by atoms with Gasteiger partial charge in [-0.1, -0.05) is 12.8 Å². The number of nitrogens with zero attached hydrogens (tertiary/aromatic N) is 1. The highest BCUT2D eigenvalue weighted by Crippen LogP contribution is 2.15. The first-order valence-corrected chi connectivity index (χ1v) is 6.45. The van der Waals surface area contributed by atoms with Crippen molar-refractivity contribution in [2.24, 2.45) is 0 Å². The number of likely N-dealkylation sites (tertiary alicyclic amines) is 1. The number of ether oxygens (including phenoxy) is 1. The number of urea groups is 1. The van der Waals surface area contributed by atoms with Crippen LogP contribution >= 0.6 is 12.8 Å². The Morgan fingerprint density at radius 1 is 1.28 bits per heavy atom. The molecule has 7 heteroatoms. The van der Waals surface area contributed by atoms with Gasteiger partial charge in [-0.2, -0.15) is 0 Å². The molecule has 1 aliphatic heterocycles. The van der Waals surface area contributed by atoms with Crippen LogP contribution in [0.15, 0.2) is 0 Å². The zero-order valence-corrected chi connectivity index (χ0v) is 11.9. The molecule has 1 aliphatic rings. The molecule has 0 aromatic rings. The van der Waals surface area contributed by atoms with E-state index in [2.05, 4.69) is 22.9 Å². The number of carbonyl (C=O) groups is 2. The van der Waals surface area contributed by atoms with Gasteiger partial charge in [0.1, 0.15) is 5.60 Å². The first-order chi connectivity index (χ1) is 8.31. The van der Waals surface area contributed by atoms with Crippen LogP contribution in [0.2, 0.25) is 0 Å². The SMILES string of the molecule is CC(C)(C)OC(=O)N1CCC(NC(=O)NS)CC1. The summed E-state index contributed by atoms with van der Waals surface area (Å²) in [6, 6.07) is -0.232. The van der Waals surface area contributed by atoms with E-state index < -0.39 is 5.60 Å². The predicted molar refractivity (Wildman–Crippen MR) is 71.5 cm³/mol. The van der Waals surface area contributed by atoms with Crippen molar-refractivity contribution in [3.63, 3.8) is 0 Å². The predicted octanol–water partition coefficient (Wildman–Crippen LogP) is 1.53. The maximum Gasteiger partial charge on any atom is 0.410 e. The summed E-state index contributed by atoms with van der Waals surface area (Å²) in [6.45, 7) is 6.71. The van der Waals surface area contributed by atoms with Crippen molar-refractivity contribution >= 4 is 24.9 Å². The van der Waals surface area contributed by atoms with E-state index in [1.807, 2.05) is 20.8 Å². The third-order valence-electron chi connectivity index (χ3n) is 2.58. The Morgan fingerprint density at radius 3 is 2.28 bits per heavy atom. The lowest BCUT2D eigenvalue weighted by Crippen LogP contribution is -2.48. The Labute approximate surface area is 113 Å². The number of thiol groups is 1. The van der Waals surface area contributed by atoms with Gasteiger partial charge in [-0.15, -0.1) is 0 Å². The van der Waals surface area contributed by atoms with Gasteiger partial charge in [0, 0.05) is 19.1 Å². The normalized spacial score (nSPS) is 17.2. The molecule has 3 amide bonds. The van der Waals surface area contributed by atoms with E-state index in [9.17, 15) is 9.59 Å². The fourth-order valence-electron chi connectivity index (χ4n) is 1.75. The molecule has 6 nitrogen and oxygen atoms in total. The van der Waals surface area contributed by atoms with Crippen molar-refractivity contribution in [3.05, 3.63) is 0 Å².